The van der Waals surface area contributed by atoms with E-state index in [1.165, 1.54) is 0 Å². The largest absolute Gasteiger partial charge is 0.504 e. The Balaban J connectivity index is 1.50. The number of rotatable bonds is 9. The molecule has 0 bridgehead atoms. The Labute approximate surface area is 305 Å². The molecule has 21 heteroatoms. The van der Waals surface area contributed by atoms with Crippen molar-refractivity contribution in [2.24, 2.45) is 0 Å². The number of carbonyl (C=O) groups excluding carboxylic acids is 4. The number of phenolic OH excluding ortho intramolecular Hbond substituents is 12. The lowest BCUT2D eigenvalue weighted by atomic mass is 10.0. The summed E-state index contributed by atoms with van der Waals surface area (Å²) in [5.74, 6) is -16.8. The first-order valence-electron chi connectivity index (χ1n) is 15.3. The van der Waals surface area contributed by atoms with Crippen molar-refractivity contribution in [3.8, 4) is 69.0 Å². The van der Waals surface area contributed by atoms with Crippen LogP contribution in [0.2, 0.25) is 0 Å². The molecule has 0 saturated carbocycles. The topological polar surface area (TPSA) is 357 Å². The summed E-state index contributed by atoms with van der Waals surface area (Å²) < 4.78 is 27.2. The smallest absolute Gasteiger partial charge is 0.340 e. The van der Waals surface area contributed by atoms with E-state index in [4.69, 9.17) is 23.7 Å². The summed E-state index contributed by atoms with van der Waals surface area (Å²) in [6, 6.07) is 5.58. The number of phenols is 12. The van der Waals surface area contributed by atoms with Crippen LogP contribution in [-0.2, 0) is 23.7 Å². The van der Waals surface area contributed by atoms with E-state index in [9.17, 15) is 80.5 Å². The number of aromatic hydroxyl groups is 12. The molecule has 0 aromatic heterocycles. The van der Waals surface area contributed by atoms with Gasteiger partial charge in [0.15, 0.2) is 75.1 Å². The van der Waals surface area contributed by atoms with E-state index in [0.717, 1.165) is 12.1 Å². The van der Waals surface area contributed by atoms with E-state index in [1.807, 2.05) is 0 Å². The zero-order chi connectivity index (χ0) is 40.5. The second kappa shape index (κ2) is 15.1. The zero-order valence-corrected chi connectivity index (χ0v) is 27.4. The van der Waals surface area contributed by atoms with Crippen LogP contribution in [0, 0.1) is 0 Å². The summed E-state index contributed by atoms with van der Waals surface area (Å²) >= 11 is 0. The SMILES string of the molecule is O=C(OC[C@H]1O[C@H](OC(=O)c2cc(O)c(O)c(O)c2)[C@H](OC(=O)c2cc(O)c(O)c(O)c2)C[C@@H]1OC(=O)c1cc(O)c(O)c(O)c1)c1cc(O)c(O)c(O)c1. The van der Waals surface area contributed by atoms with Gasteiger partial charge < -0.3 is 85.0 Å². The van der Waals surface area contributed by atoms with Crippen LogP contribution in [0.1, 0.15) is 47.9 Å². The number of hydrogen-bond donors (Lipinski definition) is 12. The first kappa shape index (κ1) is 38.5. The van der Waals surface area contributed by atoms with Gasteiger partial charge in [-0.05, 0) is 48.5 Å². The molecule has 0 unspecified atom stereocenters. The first-order chi connectivity index (χ1) is 25.8. The fourth-order valence-electron chi connectivity index (χ4n) is 5.03. The van der Waals surface area contributed by atoms with Gasteiger partial charge in [0.25, 0.3) is 0 Å². The van der Waals surface area contributed by atoms with Crippen LogP contribution in [0.5, 0.6) is 69.0 Å². The third-order valence-corrected chi connectivity index (χ3v) is 7.83. The Morgan fingerprint density at radius 1 is 0.455 bits per heavy atom. The lowest BCUT2D eigenvalue weighted by Crippen LogP contribution is -2.53. The summed E-state index contributed by atoms with van der Waals surface area (Å²) in [6.07, 6.45) is -7.97. The van der Waals surface area contributed by atoms with Gasteiger partial charge in [0.05, 0.1) is 22.3 Å². The molecule has 55 heavy (non-hydrogen) atoms. The zero-order valence-electron chi connectivity index (χ0n) is 27.4. The van der Waals surface area contributed by atoms with Crippen LogP contribution in [0.25, 0.3) is 0 Å². The summed E-state index contributed by atoms with van der Waals surface area (Å²) in [4.78, 5) is 52.5. The molecule has 0 aliphatic carbocycles. The molecule has 0 radical (unpaired) electrons. The quantitative estimate of drug-likeness (QED) is 0.0654. The number of hydrogen-bond acceptors (Lipinski definition) is 21. The molecule has 1 aliphatic rings. The Hall–Kier alpha value is -7.68. The Morgan fingerprint density at radius 3 is 1.09 bits per heavy atom. The van der Waals surface area contributed by atoms with E-state index in [0.29, 0.717) is 36.4 Å². The average molecular weight is 773 g/mol. The van der Waals surface area contributed by atoms with Crippen LogP contribution in [0.4, 0.5) is 0 Å². The van der Waals surface area contributed by atoms with E-state index >= 15 is 0 Å². The number of benzene rings is 4. The van der Waals surface area contributed by atoms with Gasteiger partial charge in [-0.1, -0.05) is 0 Å². The van der Waals surface area contributed by atoms with Gasteiger partial charge in [-0.2, -0.15) is 0 Å². The van der Waals surface area contributed by atoms with Crippen molar-refractivity contribution in [3.05, 3.63) is 70.8 Å². The monoisotopic (exact) mass is 772 g/mol. The second-order valence-electron chi connectivity index (χ2n) is 11.6. The number of ether oxygens (including phenoxy) is 5. The number of carbonyl (C=O) groups is 4. The predicted molar refractivity (Wildman–Crippen MR) is 173 cm³/mol. The standard InChI is InChI=1S/C34H28O21/c35-15-1-11(2-16(36)26(15)43)30(47)51-10-25-23(52-31(48)12-3-17(37)27(44)18(38)4-12)9-24(53-32(49)13-5-19(39)28(45)20(40)6-13)34(54-25)55-33(50)14-7-21(41)29(46)22(42)8-14/h1-8,23-25,34-46H,9-10H2/t23-,24+,25+,34+/m0/s1. The molecule has 1 aliphatic heterocycles. The van der Waals surface area contributed by atoms with Crippen molar-refractivity contribution in [3.63, 3.8) is 0 Å². The van der Waals surface area contributed by atoms with E-state index < -0.39 is 153 Å². The molecule has 12 N–H and O–H groups in total. The van der Waals surface area contributed by atoms with Gasteiger partial charge in [-0.3, -0.25) is 0 Å². The van der Waals surface area contributed by atoms with Gasteiger partial charge in [-0.25, -0.2) is 19.2 Å². The molecular weight excluding hydrogens is 744 g/mol. The summed E-state index contributed by atoms with van der Waals surface area (Å²) in [7, 11) is 0. The van der Waals surface area contributed by atoms with Gasteiger partial charge in [-0.15, -0.1) is 0 Å². The maximum atomic E-state index is 13.2. The van der Waals surface area contributed by atoms with Gasteiger partial charge in [0.1, 0.15) is 18.8 Å². The molecular formula is C34H28O21. The molecule has 4 aromatic rings. The molecule has 0 amide bonds. The van der Waals surface area contributed by atoms with E-state index in [-0.39, 0.29) is 0 Å². The van der Waals surface area contributed by atoms with Crippen molar-refractivity contribution in [2.75, 3.05) is 6.61 Å². The lowest BCUT2D eigenvalue weighted by molar-refractivity contribution is -0.250. The molecule has 4 atom stereocenters. The minimum Gasteiger partial charge on any atom is -0.504 e. The normalized spacial score (nSPS) is 17.8. The maximum absolute atomic E-state index is 13.2. The fourth-order valence-corrected chi connectivity index (χ4v) is 5.03. The number of esters is 4. The highest BCUT2D eigenvalue weighted by molar-refractivity contribution is 5.93. The van der Waals surface area contributed by atoms with Crippen LogP contribution < -0.4 is 0 Å². The third-order valence-electron chi connectivity index (χ3n) is 7.83. The molecule has 0 spiro atoms. The second-order valence-corrected chi connectivity index (χ2v) is 11.6. The molecule has 5 rings (SSSR count). The highest BCUT2D eigenvalue weighted by atomic mass is 16.7. The minimum atomic E-state index is -2.06. The van der Waals surface area contributed by atoms with Crippen LogP contribution >= 0.6 is 0 Å². The van der Waals surface area contributed by atoms with Crippen molar-refractivity contribution in [1.29, 1.82) is 0 Å². The fraction of sp³-hybridized carbons (Fsp3) is 0.176. The highest BCUT2D eigenvalue weighted by Gasteiger charge is 2.45. The summed E-state index contributed by atoms with van der Waals surface area (Å²) in [5, 5.41) is 118. The molecule has 4 aromatic carbocycles. The Bertz CT molecular complexity index is 2100. The lowest BCUT2D eigenvalue weighted by Gasteiger charge is -2.39. The van der Waals surface area contributed by atoms with Crippen molar-refractivity contribution in [2.45, 2.75) is 31.0 Å². The Kier molecular flexibility index (Phi) is 10.6. The molecule has 21 nitrogen and oxygen atoms in total. The minimum absolute atomic E-state index is 0.505. The predicted octanol–water partition coefficient (Wildman–Crippen LogP) is 1.73. The molecule has 1 saturated heterocycles. The van der Waals surface area contributed by atoms with Crippen molar-refractivity contribution < 1.29 is 104 Å². The Morgan fingerprint density at radius 2 is 0.745 bits per heavy atom. The van der Waals surface area contributed by atoms with Crippen LogP contribution in [0.15, 0.2) is 48.5 Å². The molecule has 290 valence electrons. The van der Waals surface area contributed by atoms with Gasteiger partial charge >= 0.3 is 23.9 Å². The van der Waals surface area contributed by atoms with E-state index in [2.05, 4.69) is 0 Å². The first-order valence-corrected chi connectivity index (χ1v) is 15.3. The molecule has 1 heterocycles. The average Bonchev–Trinajstić information content (AvgIpc) is 3.13. The molecule has 1 fully saturated rings. The van der Waals surface area contributed by atoms with E-state index in [1.54, 1.807) is 0 Å². The van der Waals surface area contributed by atoms with Crippen LogP contribution in [-0.4, -0.2) is 116 Å². The third kappa shape index (κ3) is 8.20. The van der Waals surface area contributed by atoms with Gasteiger partial charge in [0, 0.05) is 6.42 Å². The van der Waals surface area contributed by atoms with Crippen molar-refractivity contribution in [1.82, 2.24) is 0 Å². The highest BCUT2D eigenvalue weighted by Crippen LogP contribution is 2.40. The summed E-state index contributed by atoms with van der Waals surface area (Å²) in [6.45, 7) is -0.916. The van der Waals surface area contributed by atoms with Gasteiger partial charge in [0.2, 0.25) is 6.29 Å². The summed E-state index contributed by atoms with van der Waals surface area (Å²) in [5.41, 5.74) is -2.23. The van der Waals surface area contributed by atoms with Crippen molar-refractivity contribution >= 4 is 23.9 Å². The maximum Gasteiger partial charge on any atom is 0.340 e. The van der Waals surface area contributed by atoms with Crippen LogP contribution in [0.3, 0.4) is 0 Å².